The van der Waals surface area contributed by atoms with Gasteiger partial charge in [0.1, 0.15) is 5.01 Å². The lowest BCUT2D eigenvalue weighted by atomic mass is 10.1. The van der Waals surface area contributed by atoms with Crippen molar-refractivity contribution in [2.24, 2.45) is 0 Å². The van der Waals surface area contributed by atoms with Crippen molar-refractivity contribution in [2.75, 3.05) is 11.1 Å². The molecule has 9 heteroatoms. The van der Waals surface area contributed by atoms with Gasteiger partial charge in [-0.05, 0) is 5.92 Å². The predicted octanol–water partition coefficient (Wildman–Crippen LogP) is 2.60. The summed E-state index contributed by atoms with van der Waals surface area (Å²) in [5.74, 6) is 0.363. The Morgan fingerprint density at radius 3 is 2.65 bits per heavy atom. The number of amides is 1. The van der Waals surface area contributed by atoms with Crippen molar-refractivity contribution in [2.45, 2.75) is 44.7 Å². The summed E-state index contributed by atoms with van der Waals surface area (Å²) in [6, 6.07) is 1.48. The molecule has 0 aliphatic heterocycles. The van der Waals surface area contributed by atoms with Gasteiger partial charge in [0.2, 0.25) is 11.0 Å². The maximum absolute atomic E-state index is 12.0. The molecule has 0 aliphatic carbocycles. The smallest absolute Gasteiger partial charge is 0.251 e. The molecule has 0 spiro atoms. The van der Waals surface area contributed by atoms with Gasteiger partial charge in [-0.3, -0.25) is 14.9 Å². The van der Waals surface area contributed by atoms with Crippen molar-refractivity contribution in [3.8, 4) is 0 Å². The number of hydrogen-bond donors (Lipinski definition) is 2. The topological polar surface area (TPSA) is 101 Å². The average molecular weight is 353 g/mol. The molecule has 0 saturated carbocycles. The average Bonchev–Trinajstić information content (AvgIpc) is 2.93. The van der Waals surface area contributed by atoms with Crippen molar-refractivity contribution in [1.29, 1.82) is 0 Å². The van der Waals surface area contributed by atoms with Gasteiger partial charge in [-0.1, -0.05) is 50.8 Å². The third-order valence-corrected chi connectivity index (χ3v) is 4.86. The zero-order valence-corrected chi connectivity index (χ0v) is 15.0. The number of aromatic amines is 1. The summed E-state index contributed by atoms with van der Waals surface area (Å²) >= 11 is 2.55. The second-order valence-corrected chi connectivity index (χ2v) is 7.54. The Morgan fingerprint density at radius 1 is 1.30 bits per heavy atom. The third-order valence-electron chi connectivity index (χ3n) is 2.85. The first-order valence-corrected chi connectivity index (χ1v) is 9.02. The number of aromatic nitrogens is 4. The quantitative estimate of drug-likeness (QED) is 0.611. The van der Waals surface area contributed by atoms with Gasteiger partial charge in [0.05, 0.1) is 11.4 Å². The Morgan fingerprint density at radius 2 is 2.04 bits per heavy atom. The van der Waals surface area contributed by atoms with E-state index in [4.69, 9.17) is 0 Å². The van der Waals surface area contributed by atoms with Crippen LogP contribution in [0.3, 0.4) is 0 Å². The molecule has 2 aromatic heterocycles. The summed E-state index contributed by atoms with van der Waals surface area (Å²) in [7, 11) is 0. The summed E-state index contributed by atoms with van der Waals surface area (Å²) in [6.07, 6.45) is 0. The minimum atomic E-state index is -0.211. The SMILES string of the molecule is CC(C)c1cc(=O)[nH]c(SCC(=O)Nc2nnc(C(C)C)s2)n1. The summed E-state index contributed by atoms with van der Waals surface area (Å²) < 4.78 is 0. The summed E-state index contributed by atoms with van der Waals surface area (Å²) in [5.41, 5.74) is 0.500. The summed E-state index contributed by atoms with van der Waals surface area (Å²) in [6.45, 7) is 7.97. The number of hydrogen-bond acceptors (Lipinski definition) is 7. The van der Waals surface area contributed by atoms with E-state index in [0.29, 0.717) is 16.0 Å². The lowest BCUT2D eigenvalue weighted by Crippen LogP contribution is -2.16. The zero-order valence-electron chi connectivity index (χ0n) is 13.4. The van der Waals surface area contributed by atoms with E-state index in [1.807, 2.05) is 27.7 Å². The van der Waals surface area contributed by atoms with Crippen LogP contribution in [-0.2, 0) is 4.79 Å². The molecular formula is C14H19N5O2S2. The van der Waals surface area contributed by atoms with Gasteiger partial charge in [0.25, 0.3) is 5.56 Å². The highest BCUT2D eigenvalue weighted by molar-refractivity contribution is 7.99. The first kappa shape index (κ1) is 17.6. The predicted molar refractivity (Wildman–Crippen MR) is 92.3 cm³/mol. The Bertz CT molecular complexity index is 739. The molecule has 2 aromatic rings. The highest BCUT2D eigenvalue weighted by Crippen LogP contribution is 2.22. The minimum absolute atomic E-state index is 0.140. The fraction of sp³-hybridized carbons (Fsp3) is 0.500. The first-order valence-electron chi connectivity index (χ1n) is 7.22. The largest absolute Gasteiger partial charge is 0.301 e. The van der Waals surface area contributed by atoms with Crippen molar-refractivity contribution in [3.63, 3.8) is 0 Å². The molecule has 23 heavy (non-hydrogen) atoms. The van der Waals surface area contributed by atoms with Crippen LogP contribution >= 0.6 is 23.1 Å². The first-order chi connectivity index (χ1) is 10.8. The van der Waals surface area contributed by atoms with Crippen LogP contribution in [0.25, 0.3) is 0 Å². The lowest BCUT2D eigenvalue weighted by molar-refractivity contribution is -0.113. The highest BCUT2D eigenvalue weighted by atomic mass is 32.2. The van der Waals surface area contributed by atoms with E-state index in [-0.39, 0.29) is 29.1 Å². The molecule has 7 nitrogen and oxygen atoms in total. The number of nitrogens with one attached hydrogen (secondary N) is 2. The van der Waals surface area contributed by atoms with Crippen molar-refractivity contribution in [3.05, 3.63) is 27.1 Å². The maximum Gasteiger partial charge on any atom is 0.251 e. The van der Waals surface area contributed by atoms with E-state index in [1.165, 1.54) is 29.2 Å². The van der Waals surface area contributed by atoms with E-state index in [0.717, 1.165) is 5.01 Å². The number of rotatable bonds is 6. The molecule has 2 N–H and O–H groups in total. The fourth-order valence-corrected chi connectivity index (χ4v) is 3.07. The molecule has 2 heterocycles. The summed E-state index contributed by atoms with van der Waals surface area (Å²) in [4.78, 5) is 30.5. The van der Waals surface area contributed by atoms with Gasteiger partial charge in [-0.25, -0.2) is 4.98 Å². The Hall–Kier alpha value is -1.74. The lowest BCUT2D eigenvalue weighted by Gasteiger charge is -2.06. The molecular weight excluding hydrogens is 334 g/mol. The second-order valence-electron chi connectivity index (χ2n) is 5.57. The number of carbonyl (C=O) groups excluding carboxylic acids is 1. The van der Waals surface area contributed by atoms with Gasteiger partial charge in [-0.15, -0.1) is 10.2 Å². The number of nitrogens with zero attached hydrogens (tertiary/aromatic N) is 3. The van der Waals surface area contributed by atoms with Gasteiger partial charge in [0, 0.05) is 12.0 Å². The molecule has 124 valence electrons. The summed E-state index contributed by atoms with van der Waals surface area (Å²) in [5, 5.41) is 12.5. The van der Waals surface area contributed by atoms with Crippen LogP contribution < -0.4 is 10.9 Å². The molecule has 0 saturated heterocycles. The molecule has 1 amide bonds. The maximum atomic E-state index is 12.0. The van der Waals surface area contributed by atoms with Crippen molar-refractivity contribution < 1.29 is 4.79 Å². The van der Waals surface area contributed by atoms with Crippen molar-refractivity contribution in [1.82, 2.24) is 20.2 Å². The minimum Gasteiger partial charge on any atom is -0.301 e. The normalized spacial score (nSPS) is 11.2. The van der Waals surface area contributed by atoms with Gasteiger partial charge < -0.3 is 4.98 Å². The second kappa shape index (κ2) is 7.69. The van der Waals surface area contributed by atoms with Gasteiger partial charge >= 0.3 is 0 Å². The standard InChI is InChI=1S/C14H19N5O2S2/c1-7(2)9-5-10(20)16-13(15-9)22-6-11(21)17-14-19-18-12(23-14)8(3)4/h5,7-8H,6H2,1-4H3,(H,15,16,20)(H,17,19,21). The molecule has 0 aromatic carbocycles. The number of thioether (sulfide) groups is 1. The highest BCUT2D eigenvalue weighted by Gasteiger charge is 2.12. The number of carbonyl (C=O) groups is 1. The molecule has 0 unspecified atom stereocenters. The Labute approximate surface area is 142 Å². The van der Waals surface area contributed by atoms with Gasteiger partial charge in [-0.2, -0.15) is 0 Å². The van der Waals surface area contributed by atoms with E-state index >= 15 is 0 Å². The van der Waals surface area contributed by atoms with Crippen LogP contribution in [0.5, 0.6) is 0 Å². The monoisotopic (exact) mass is 353 g/mol. The van der Waals surface area contributed by atoms with E-state index in [9.17, 15) is 9.59 Å². The van der Waals surface area contributed by atoms with Crippen LogP contribution in [-0.4, -0.2) is 31.8 Å². The van der Waals surface area contributed by atoms with E-state index < -0.39 is 0 Å². The number of anilines is 1. The Balaban J connectivity index is 1.95. The molecule has 2 rings (SSSR count). The van der Waals surface area contributed by atoms with Gasteiger partial charge in [0.15, 0.2) is 5.16 Å². The van der Waals surface area contributed by atoms with Crippen LogP contribution in [0.1, 0.15) is 50.2 Å². The zero-order chi connectivity index (χ0) is 17.0. The molecule has 0 aliphatic rings. The van der Waals surface area contributed by atoms with Crippen LogP contribution in [0.4, 0.5) is 5.13 Å². The Kier molecular flexibility index (Phi) is 5.89. The molecule has 0 radical (unpaired) electrons. The third kappa shape index (κ3) is 5.14. The van der Waals surface area contributed by atoms with Crippen molar-refractivity contribution >= 4 is 34.1 Å². The fourth-order valence-electron chi connectivity index (χ4n) is 1.63. The molecule has 0 fully saturated rings. The van der Waals surface area contributed by atoms with Crippen LogP contribution in [0.2, 0.25) is 0 Å². The number of H-pyrrole nitrogens is 1. The van der Waals surface area contributed by atoms with E-state index in [2.05, 4.69) is 25.5 Å². The molecule has 0 bridgehead atoms. The van der Waals surface area contributed by atoms with Crippen LogP contribution in [0.15, 0.2) is 16.0 Å². The van der Waals surface area contributed by atoms with E-state index in [1.54, 1.807) is 0 Å². The van der Waals surface area contributed by atoms with Crippen LogP contribution in [0, 0.1) is 0 Å². The molecule has 0 atom stereocenters.